The predicted molar refractivity (Wildman–Crippen MR) is 89.1 cm³/mol. The van der Waals surface area contributed by atoms with Crippen LogP contribution in [0.4, 0.5) is 5.69 Å². The number of amides is 1. The quantitative estimate of drug-likeness (QED) is 0.783. The van der Waals surface area contributed by atoms with E-state index in [1.807, 2.05) is 0 Å². The number of piperidine rings is 1. The van der Waals surface area contributed by atoms with Crippen molar-refractivity contribution in [2.75, 3.05) is 32.1 Å². The molecule has 1 aromatic heterocycles. The number of aromatic amines is 1. The summed E-state index contributed by atoms with van der Waals surface area (Å²) in [7, 11) is 1.61. The molecule has 1 aliphatic rings. The fraction of sp³-hybridized carbons (Fsp3) is 0.467. The summed E-state index contributed by atoms with van der Waals surface area (Å²) < 4.78 is 10.2. The minimum Gasteiger partial charge on any atom is -0.408 e. The normalized spacial score (nSPS) is 16.7. The number of ether oxygens (including phenoxy) is 1. The van der Waals surface area contributed by atoms with E-state index in [0.717, 1.165) is 25.9 Å². The number of H-pyrrole nitrogens is 1. The summed E-state index contributed by atoms with van der Waals surface area (Å²) >= 11 is 0. The van der Waals surface area contributed by atoms with Gasteiger partial charge in [0.1, 0.15) is 0 Å². The number of nitrogens with one attached hydrogen (secondary N) is 3. The van der Waals surface area contributed by atoms with Crippen LogP contribution in [-0.2, 0) is 9.53 Å². The van der Waals surface area contributed by atoms with Gasteiger partial charge in [0.2, 0.25) is 5.91 Å². The van der Waals surface area contributed by atoms with Crippen molar-refractivity contribution in [1.82, 2.24) is 10.3 Å². The molecule has 0 spiro atoms. The van der Waals surface area contributed by atoms with Gasteiger partial charge in [-0.3, -0.25) is 9.78 Å². The van der Waals surface area contributed by atoms with Crippen molar-refractivity contribution in [3.8, 4) is 0 Å². The Kier molecular flexibility index (Phi) is 5.46. The Morgan fingerprint density at radius 2 is 2.13 bits per heavy atom. The first-order chi connectivity index (χ1) is 10.6. The molecule has 23 heavy (non-hydrogen) atoms. The standard InChI is InChI=1S/C15H19N3O4.ClH/c1-21-9-15(4-6-16-7-5-15)13(19)17-10-2-3-12-11(8-10)18-14(20)22-12;/h2-3,8,16H,4-7,9H2,1H3,(H,17,19)(H,18,20);1H. The zero-order valence-corrected chi connectivity index (χ0v) is 13.6. The maximum Gasteiger partial charge on any atom is 0.417 e. The van der Waals surface area contributed by atoms with Gasteiger partial charge in [-0.2, -0.15) is 0 Å². The van der Waals surface area contributed by atoms with E-state index in [1.165, 1.54) is 0 Å². The van der Waals surface area contributed by atoms with Gasteiger partial charge in [0.05, 0.1) is 17.5 Å². The summed E-state index contributed by atoms with van der Waals surface area (Å²) in [5.74, 6) is -0.561. The zero-order valence-electron chi connectivity index (χ0n) is 12.8. The number of hydrogen-bond acceptors (Lipinski definition) is 5. The number of oxazole rings is 1. The van der Waals surface area contributed by atoms with Gasteiger partial charge in [-0.25, -0.2) is 4.79 Å². The molecule has 2 heterocycles. The molecule has 0 radical (unpaired) electrons. The van der Waals surface area contributed by atoms with E-state index < -0.39 is 11.2 Å². The third-order valence-corrected chi connectivity index (χ3v) is 4.14. The molecule has 126 valence electrons. The number of carbonyl (C=O) groups is 1. The molecule has 1 aliphatic heterocycles. The highest BCUT2D eigenvalue weighted by Gasteiger charge is 2.39. The van der Waals surface area contributed by atoms with Gasteiger partial charge in [0.15, 0.2) is 5.58 Å². The van der Waals surface area contributed by atoms with Crippen molar-refractivity contribution >= 4 is 35.1 Å². The molecule has 3 rings (SSSR count). The van der Waals surface area contributed by atoms with Gasteiger partial charge in [-0.05, 0) is 44.1 Å². The maximum absolute atomic E-state index is 12.7. The van der Waals surface area contributed by atoms with Crippen molar-refractivity contribution < 1.29 is 13.9 Å². The highest BCUT2D eigenvalue weighted by molar-refractivity contribution is 5.96. The Labute approximate surface area is 139 Å². The van der Waals surface area contributed by atoms with Crippen molar-refractivity contribution in [2.24, 2.45) is 5.41 Å². The van der Waals surface area contributed by atoms with Gasteiger partial charge in [0.25, 0.3) is 0 Å². The van der Waals surface area contributed by atoms with Crippen LogP contribution in [0.1, 0.15) is 12.8 Å². The number of fused-ring (bicyclic) bond motifs is 1. The van der Waals surface area contributed by atoms with E-state index in [-0.39, 0.29) is 18.3 Å². The number of carbonyl (C=O) groups excluding carboxylic acids is 1. The highest BCUT2D eigenvalue weighted by Crippen LogP contribution is 2.31. The molecule has 0 bridgehead atoms. The second kappa shape index (κ2) is 7.16. The first-order valence-electron chi connectivity index (χ1n) is 7.27. The van der Waals surface area contributed by atoms with Gasteiger partial charge in [0, 0.05) is 12.8 Å². The molecule has 7 nitrogen and oxygen atoms in total. The fourth-order valence-corrected chi connectivity index (χ4v) is 2.91. The smallest absolute Gasteiger partial charge is 0.408 e. The number of hydrogen-bond donors (Lipinski definition) is 3. The van der Waals surface area contributed by atoms with Crippen molar-refractivity contribution in [1.29, 1.82) is 0 Å². The van der Waals surface area contributed by atoms with Crippen molar-refractivity contribution in [2.45, 2.75) is 12.8 Å². The Morgan fingerprint density at radius 1 is 1.39 bits per heavy atom. The Morgan fingerprint density at radius 3 is 2.83 bits per heavy atom. The van der Waals surface area contributed by atoms with Crippen LogP contribution in [0.5, 0.6) is 0 Å². The van der Waals surface area contributed by atoms with Crippen LogP contribution in [0, 0.1) is 5.41 Å². The molecule has 0 atom stereocenters. The lowest BCUT2D eigenvalue weighted by Gasteiger charge is -2.35. The van der Waals surface area contributed by atoms with E-state index in [2.05, 4.69) is 15.6 Å². The first kappa shape index (κ1) is 17.5. The molecule has 1 amide bonds. The molecule has 1 saturated heterocycles. The summed E-state index contributed by atoms with van der Waals surface area (Å²) in [5, 5.41) is 6.18. The molecule has 0 aliphatic carbocycles. The molecular formula is C15H20ClN3O4. The summed E-state index contributed by atoms with van der Waals surface area (Å²) in [6, 6.07) is 5.08. The average Bonchev–Trinajstić information content (AvgIpc) is 2.88. The van der Waals surface area contributed by atoms with Crippen molar-refractivity contribution in [3.05, 3.63) is 28.7 Å². The average molecular weight is 342 g/mol. The van der Waals surface area contributed by atoms with E-state index in [1.54, 1.807) is 25.3 Å². The first-order valence-corrected chi connectivity index (χ1v) is 7.27. The Balaban J connectivity index is 0.00000192. The zero-order chi connectivity index (χ0) is 15.6. The molecule has 0 unspecified atom stereocenters. The van der Waals surface area contributed by atoms with Crippen LogP contribution in [0.3, 0.4) is 0 Å². The highest BCUT2D eigenvalue weighted by atomic mass is 35.5. The summed E-state index contributed by atoms with van der Waals surface area (Å²) in [6.07, 6.45) is 1.47. The molecule has 3 N–H and O–H groups in total. The van der Waals surface area contributed by atoms with Gasteiger partial charge in [-0.1, -0.05) is 0 Å². The summed E-state index contributed by atoms with van der Waals surface area (Å²) in [5.41, 5.74) is 1.15. The SMILES string of the molecule is COCC1(C(=O)Nc2ccc3oc(=O)[nH]c3c2)CCNCC1.Cl. The number of methoxy groups -OCH3 is 1. The van der Waals surface area contributed by atoms with E-state index in [4.69, 9.17) is 9.15 Å². The van der Waals surface area contributed by atoms with E-state index >= 15 is 0 Å². The number of benzene rings is 1. The monoisotopic (exact) mass is 341 g/mol. The topological polar surface area (TPSA) is 96.4 Å². The van der Waals surface area contributed by atoms with Crippen LogP contribution >= 0.6 is 12.4 Å². The minimum absolute atomic E-state index is 0. The van der Waals surface area contributed by atoms with Crippen LogP contribution in [0.15, 0.2) is 27.4 Å². The maximum atomic E-state index is 12.7. The van der Waals surface area contributed by atoms with E-state index in [0.29, 0.717) is 23.4 Å². The Bertz CT molecular complexity index is 728. The van der Waals surface area contributed by atoms with Gasteiger partial charge in [-0.15, -0.1) is 12.4 Å². The van der Waals surface area contributed by atoms with E-state index in [9.17, 15) is 9.59 Å². The fourth-order valence-electron chi connectivity index (χ4n) is 2.91. The number of halogens is 1. The van der Waals surface area contributed by atoms with Crippen LogP contribution in [0.25, 0.3) is 11.1 Å². The van der Waals surface area contributed by atoms with Crippen LogP contribution < -0.4 is 16.4 Å². The van der Waals surface area contributed by atoms with Gasteiger partial charge < -0.3 is 19.8 Å². The third kappa shape index (κ3) is 3.57. The predicted octanol–water partition coefficient (Wildman–Crippen LogP) is 1.50. The summed E-state index contributed by atoms with van der Waals surface area (Å²) in [6.45, 7) is 1.99. The minimum atomic E-state index is -0.515. The lowest BCUT2D eigenvalue weighted by atomic mass is 9.78. The molecule has 1 aromatic carbocycles. The third-order valence-electron chi connectivity index (χ3n) is 4.14. The lowest BCUT2D eigenvalue weighted by Crippen LogP contribution is -2.47. The molecule has 0 saturated carbocycles. The van der Waals surface area contributed by atoms with Crippen molar-refractivity contribution in [3.63, 3.8) is 0 Å². The lowest BCUT2D eigenvalue weighted by molar-refractivity contribution is -0.130. The second-order valence-electron chi connectivity index (χ2n) is 5.64. The van der Waals surface area contributed by atoms with Crippen LogP contribution in [0.2, 0.25) is 0 Å². The largest absolute Gasteiger partial charge is 0.417 e. The molecule has 1 fully saturated rings. The number of rotatable bonds is 4. The van der Waals surface area contributed by atoms with Gasteiger partial charge >= 0.3 is 5.76 Å². The van der Waals surface area contributed by atoms with Crippen LogP contribution in [-0.4, -0.2) is 37.7 Å². The Hall–Kier alpha value is -1.83. The number of aromatic nitrogens is 1. The molecular weight excluding hydrogens is 322 g/mol. The summed E-state index contributed by atoms with van der Waals surface area (Å²) in [4.78, 5) is 26.5. The molecule has 2 aromatic rings. The number of anilines is 1. The molecule has 8 heteroatoms. The second-order valence-corrected chi connectivity index (χ2v) is 5.64.